The standard InChI is InChI=1S/C22H29N3O2/c1-23(16-25-21(26)19-7-3-4-8-20(19)22(25)27)15-17-9-11-18(12-10-17)24-13-5-2-6-14-24/h3-4,9-12,19-20H,2,5-8,13-16H2,1H3/t19-,20+. The number of nitrogens with zero attached hydrogens (tertiary/aromatic N) is 3. The maximum absolute atomic E-state index is 12.6. The van der Waals surface area contributed by atoms with E-state index < -0.39 is 0 Å². The van der Waals surface area contributed by atoms with Gasteiger partial charge < -0.3 is 4.90 Å². The molecular formula is C22H29N3O2. The second-order valence-corrected chi connectivity index (χ2v) is 8.13. The number of imide groups is 1. The maximum atomic E-state index is 12.6. The molecule has 2 amide bonds. The van der Waals surface area contributed by atoms with E-state index in [0.717, 1.165) is 19.6 Å². The Bertz CT molecular complexity index is 696. The fourth-order valence-electron chi connectivity index (χ4n) is 4.58. The lowest BCUT2D eigenvalue weighted by atomic mass is 9.85. The minimum atomic E-state index is -0.139. The summed E-state index contributed by atoms with van der Waals surface area (Å²) in [5.41, 5.74) is 2.50. The zero-order valence-electron chi connectivity index (χ0n) is 16.1. The van der Waals surface area contributed by atoms with Gasteiger partial charge in [-0.25, -0.2) is 0 Å². The molecule has 2 heterocycles. The van der Waals surface area contributed by atoms with Gasteiger partial charge in [-0.15, -0.1) is 0 Å². The second kappa shape index (κ2) is 7.85. The third kappa shape index (κ3) is 3.79. The van der Waals surface area contributed by atoms with E-state index in [4.69, 9.17) is 0 Å². The van der Waals surface area contributed by atoms with Crippen LogP contribution in [0.15, 0.2) is 36.4 Å². The first-order chi connectivity index (χ1) is 13.1. The number of rotatable bonds is 5. The molecule has 1 aromatic carbocycles. The molecule has 3 aliphatic rings. The van der Waals surface area contributed by atoms with E-state index in [1.165, 1.54) is 35.4 Å². The van der Waals surface area contributed by atoms with Gasteiger partial charge in [0.05, 0.1) is 18.5 Å². The Morgan fingerprint density at radius 3 is 2.11 bits per heavy atom. The summed E-state index contributed by atoms with van der Waals surface area (Å²) in [5.74, 6) is -0.275. The number of carbonyl (C=O) groups excluding carboxylic acids is 2. The topological polar surface area (TPSA) is 43.9 Å². The summed E-state index contributed by atoms with van der Waals surface area (Å²) in [6.07, 6.45) is 9.36. The summed E-state index contributed by atoms with van der Waals surface area (Å²) in [6, 6.07) is 8.72. The van der Waals surface area contributed by atoms with E-state index in [1.54, 1.807) is 0 Å². The molecule has 5 nitrogen and oxygen atoms in total. The van der Waals surface area contributed by atoms with E-state index in [-0.39, 0.29) is 23.7 Å². The van der Waals surface area contributed by atoms with Crippen molar-refractivity contribution in [1.29, 1.82) is 0 Å². The Morgan fingerprint density at radius 2 is 1.52 bits per heavy atom. The molecule has 2 fully saturated rings. The van der Waals surface area contributed by atoms with Gasteiger partial charge in [0.15, 0.2) is 0 Å². The van der Waals surface area contributed by atoms with E-state index in [1.807, 2.05) is 19.2 Å². The molecular weight excluding hydrogens is 338 g/mol. The lowest BCUT2D eigenvalue weighted by Gasteiger charge is -2.29. The number of allylic oxidation sites excluding steroid dienone is 2. The highest BCUT2D eigenvalue weighted by molar-refractivity contribution is 6.05. The molecule has 0 radical (unpaired) electrons. The quantitative estimate of drug-likeness (QED) is 0.593. The predicted molar refractivity (Wildman–Crippen MR) is 106 cm³/mol. The maximum Gasteiger partial charge on any atom is 0.234 e. The third-order valence-electron chi connectivity index (χ3n) is 6.09. The molecule has 0 spiro atoms. The van der Waals surface area contributed by atoms with Crippen molar-refractivity contribution < 1.29 is 9.59 Å². The van der Waals surface area contributed by atoms with Crippen LogP contribution in [-0.2, 0) is 16.1 Å². The van der Waals surface area contributed by atoms with E-state index in [2.05, 4.69) is 34.1 Å². The summed E-state index contributed by atoms with van der Waals surface area (Å²) in [6.45, 7) is 3.40. The highest BCUT2D eigenvalue weighted by atomic mass is 16.2. The van der Waals surface area contributed by atoms with Gasteiger partial charge in [-0.1, -0.05) is 24.3 Å². The number of carbonyl (C=O) groups is 2. The van der Waals surface area contributed by atoms with Gasteiger partial charge in [-0.3, -0.25) is 19.4 Å². The van der Waals surface area contributed by atoms with Gasteiger partial charge in [0.2, 0.25) is 11.8 Å². The fraction of sp³-hybridized carbons (Fsp3) is 0.545. The average Bonchev–Trinajstić information content (AvgIpc) is 2.94. The van der Waals surface area contributed by atoms with Crippen molar-refractivity contribution >= 4 is 17.5 Å². The van der Waals surface area contributed by atoms with Crippen molar-refractivity contribution in [3.8, 4) is 0 Å². The first kappa shape index (κ1) is 18.2. The van der Waals surface area contributed by atoms with Gasteiger partial charge in [0, 0.05) is 25.3 Å². The molecule has 2 atom stereocenters. The van der Waals surface area contributed by atoms with E-state index >= 15 is 0 Å². The van der Waals surface area contributed by atoms with Gasteiger partial charge in [-0.05, 0) is 56.8 Å². The van der Waals surface area contributed by atoms with Crippen LogP contribution >= 0.6 is 0 Å². The molecule has 0 N–H and O–H groups in total. The zero-order chi connectivity index (χ0) is 18.8. The molecule has 144 valence electrons. The number of hydrogen-bond acceptors (Lipinski definition) is 4. The van der Waals surface area contributed by atoms with Crippen LogP contribution in [0.2, 0.25) is 0 Å². The van der Waals surface area contributed by atoms with E-state index in [0.29, 0.717) is 19.5 Å². The summed E-state index contributed by atoms with van der Waals surface area (Å²) < 4.78 is 0. The number of anilines is 1. The Balaban J connectivity index is 1.34. The minimum Gasteiger partial charge on any atom is -0.372 e. The SMILES string of the molecule is CN(Cc1ccc(N2CCCCC2)cc1)CN1C(=O)[C@H]2CC=CC[C@H]2C1=O. The molecule has 0 unspecified atom stereocenters. The summed E-state index contributed by atoms with van der Waals surface area (Å²) in [4.78, 5) is 31.2. The minimum absolute atomic E-state index is 0.00152. The van der Waals surface area contributed by atoms with Crippen molar-refractivity contribution in [2.45, 2.75) is 38.6 Å². The van der Waals surface area contributed by atoms with Crippen LogP contribution in [0.3, 0.4) is 0 Å². The predicted octanol–water partition coefficient (Wildman–Crippen LogP) is 3.02. The van der Waals surface area contributed by atoms with E-state index in [9.17, 15) is 9.59 Å². The van der Waals surface area contributed by atoms with Crippen molar-refractivity contribution in [3.05, 3.63) is 42.0 Å². The van der Waals surface area contributed by atoms with Gasteiger partial charge in [0.25, 0.3) is 0 Å². The zero-order valence-corrected chi connectivity index (χ0v) is 16.1. The molecule has 4 rings (SSSR count). The normalized spacial score (nSPS) is 25.4. The van der Waals surface area contributed by atoms with Crippen LogP contribution in [0.25, 0.3) is 0 Å². The molecule has 2 aliphatic heterocycles. The first-order valence-electron chi connectivity index (χ1n) is 10.2. The van der Waals surface area contributed by atoms with Crippen molar-refractivity contribution in [2.75, 3.05) is 31.7 Å². The first-order valence-corrected chi connectivity index (χ1v) is 10.2. The number of fused-ring (bicyclic) bond motifs is 1. The Kier molecular flexibility index (Phi) is 5.30. The van der Waals surface area contributed by atoms with Gasteiger partial charge in [0.1, 0.15) is 0 Å². The van der Waals surface area contributed by atoms with Crippen LogP contribution in [-0.4, -0.2) is 48.4 Å². The molecule has 2 saturated heterocycles. The molecule has 0 bridgehead atoms. The van der Waals surface area contributed by atoms with Crippen LogP contribution in [0.4, 0.5) is 5.69 Å². The fourth-order valence-corrected chi connectivity index (χ4v) is 4.58. The van der Waals surface area contributed by atoms with Crippen molar-refractivity contribution in [1.82, 2.24) is 9.80 Å². The number of hydrogen-bond donors (Lipinski definition) is 0. The van der Waals surface area contributed by atoms with Crippen LogP contribution in [0.5, 0.6) is 0 Å². The monoisotopic (exact) mass is 367 g/mol. The molecule has 5 heteroatoms. The number of piperidine rings is 1. The molecule has 0 aromatic heterocycles. The molecule has 0 saturated carbocycles. The number of benzene rings is 1. The Hall–Kier alpha value is -2.14. The lowest BCUT2D eigenvalue weighted by Crippen LogP contribution is -2.40. The summed E-state index contributed by atoms with van der Waals surface area (Å²) in [7, 11) is 1.97. The second-order valence-electron chi connectivity index (χ2n) is 8.13. The van der Waals surface area contributed by atoms with Gasteiger partial charge in [-0.2, -0.15) is 0 Å². The third-order valence-corrected chi connectivity index (χ3v) is 6.09. The van der Waals surface area contributed by atoms with Crippen LogP contribution in [0, 0.1) is 11.8 Å². The highest BCUT2D eigenvalue weighted by Crippen LogP contribution is 2.35. The average molecular weight is 367 g/mol. The summed E-state index contributed by atoms with van der Waals surface area (Å²) in [5, 5.41) is 0. The summed E-state index contributed by atoms with van der Waals surface area (Å²) >= 11 is 0. The highest BCUT2D eigenvalue weighted by Gasteiger charge is 2.47. The largest absolute Gasteiger partial charge is 0.372 e. The number of amides is 2. The van der Waals surface area contributed by atoms with Crippen LogP contribution in [0.1, 0.15) is 37.7 Å². The Morgan fingerprint density at radius 1 is 0.926 bits per heavy atom. The molecule has 1 aromatic rings. The van der Waals surface area contributed by atoms with Gasteiger partial charge >= 0.3 is 0 Å². The van der Waals surface area contributed by atoms with Crippen molar-refractivity contribution in [2.24, 2.45) is 11.8 Å². The van der Waals surface area contributed by atoms with Crippen molar-refractivity contribution in [3.63, 3.8) is 0 Å². The molecule has 27 heavy (non-hydrogen) atoms. The lowest BCUT2D eigenvalue weighted by molar-refractivity contribution is -0.142. The van der Waals surface area contributed by atoms with Crippen LogP contribution < -0.4 is 4.90 Å². The smallest absolute Gasteiger partial charge is 0.234 e. The number of likely N-dealkylation sites (tertiary alicyclic amines) is 1. The molecule has 1 aliphatic carbocycles. The Labute approximate surface area is 161 Å².